The van der Waals surface area contributed by atoms with Crippen LogP contribution in [0.3, 0.4) is 0 Å². The lowest BCUT2D eigenvalue weighted by Crippen LogP contribution is -2.66. The van der Waals surface area contributed by atoms with Crippen molar-refractivity contribution in [2.45, 2.75) is 121 Å². The van der Waals surface area contributed by atoms with Gasteiger partial charge in [0.05, 0.1) is 23.7 Å². The summed E-state index contributed by atoms with van der Waals surface area (Å²) in [5.41, 5.74) is -2.26. The van der Waals surface area contributed by atoms with E-state index in [1.54, 1.807) is 0 Å². The highest BCUT2D eigenvalue weighted by molar-refractivity contribution is 6.02. The minimum absolute atomic E-state index is 0.0159. The van der Waals surface area contributed by atoms with Crippen LogP contribution < -0.4 is 0 Å². The van der Waals surface area contributed by atoms with Crippen molar-refractivity contribution in [2.24, 2.45) is 28.6 Å². The summed E-state index contributed by atoms with van der Waals surface area (Å²) < 4.78 is 18.8. The SMILES string of the molecule is CC1=C(OC(C)C)C(C)(OC(C)C)C(C(C)(C(=O)OC(C)C)C(C)C)C(C)(C(C)C)C1=O. The highest BCUT2D eigenvalue weighted by Gasteiger charge is 2.68. The van der Waals surface area contributed by atoms with Crippen molar-refractivity contribution in [3.05, 3.63) is 11.3 Å². The van der Waals surface area contributed by atoms with Gasteiger partial charge >= 0.3 is 5.97 Å². The van der Waals surface area contributed by atoms with Gasteiger partial charge in [-0.3, -0.25) is 9.59 Å². The Morgan fingerprint density at radius 3 is 1.75 bits per heavy atom. The third kappa shape index (κ3) is 4.78. The van der Waals surface area contributed by atoms with Gasteiger partial charge in [0.15, 0.2) is 5.78 Å². The number of hydrogen-bond acceptors (Lipinski definition) is 5. The molecule has 0 heterocycles. The van der Waals surface area contributed by atoms with Gasteiger partial charge < -0.3 is 14.2 Å². The third-order valence-electron chi connectivity index (χ3n) is 7.39. The first kappa shape index (κ1) is 28.7. The molecule has 0 bridgehead atoms. The Bertz CT molecular complexity index is 732. The molecule has 4 atom stereocenters. The summed E-state index contributed by atoms with van der Waals surface area (Å²) in [6.45, 7) is 27.5. The predicted molar refractivity (Wildman–Crippen MR) is 129 cm³/mol. The Morgan fingerprint density at radius 2 is 1.41 bits per heavy atom. The van der Waals surface area contributed by atoms with Gasteiger partial charge in [0.25, 0.3) is 0 Å². The molecule has 0 N–H and O–H groups in total. The molecule has 1 aliphatic carbocycles. The molecule has 0 amide bonds. The maximum Gasteiger partial charge on any atom is 0.312 e. The number of hydrogen-bond donors (Lipinski definition) is 0. The summed E-state index contributed by atoms with van der Waals surface area (Å²) in [7, 11) is 0. The van der Waals surface area contributed by atoms with E-state index in [1.807, 2.05) is 83.1 Å². The predicted octanol–water partition coefficient (Wildman–Crippen LogP) is 6.34. The minimum atomic E-state index is -0.996. The standard InChI is InChI=1S/C27H48O5/c1-15(2)25(12)21(28)20(11)22(30-17(5)6)27(14,32-19(9)10)23(25)26(13,16(3)4)24(29)31-18(7)8/h15-19,23H,1-14H3. The van der Waals surface area contributed by atoms with Crippen molar-refractivity contribution >= 4 is 11.8 Å². The number of Topliss-reactive ketones (excluding diaryl/α,β-unsaturated/α-hetero) is 1. The zero-order chi connectivity index (χ0) is 25.4. The molecule has 186 valence electrons. The Hall–Kier alpha value is -1.36. The van der Waals surface area contributed by atoms with E-state index >= 15 is 0 Å². The second-order valence-corrected chi connectivity index (χ2v) is 11.5. The van der Waals surface area contributed by atoms with Gasteiger partial charge in [-0.15, -0.1) is 0 Å². The van der Waals surface area contributed by atoms with Crippen LogP contribution in [0.2, 0.25) is 0 Å². The van der Waals surface area contributed by atoms with Crippen LogP contribution in [0, 0.1) is 28.6 Å². The second kappa shape index (κ2) is 9.87. The van der Waals surface area contributed by atoms with Gasteiger partial charge in [-0.1, -0.05) is 34.6 Å². The molecular weight excluding hydrogens is 404 g/mol. The quantitative estimate of drug-likeness (QED) is 0.382. The van der Waals surface area contributed by atoms with E-state index in [0.717, 1.165) is 0 Å². The van der Waals surface area contributed by atoms with Crippen molar-refractivity contribution in [3.8, 4) is 0 Å². The number of allylic oxidation sites excluding steroid dienone is 1. The van der Waals surface area contributed by atoms with E-state index in [4.69, 9.17) is 14.2 Å². The molecule has 0 aromatic heterocycles. The largest absolute Gasteiger partial charge is 0.492 e. The summed E-state index contributed by atoms with van der Waals surface area (Å²) in [6, 6.07) is 0. The fourth-order valence-electron chi connectivity index (χ4n) is 5.58. The van der Waals surface area contributed by atoms with Crippen molar-refractivity contribution < 1.29 is 23.8 Å². The monoisotopic (exact) mass is 452 g/mol. The summed E-state index contributed by atoms with van der Waals surface area (Å²) in [5.74, 6) is -0.370. The van der Waals surface area contributed by atoms with Gasteiger partial charge in [-0.25, -0.2) is 0 Å². The molecule has 5 heteroatoms. The Morgan fingerprint density at radius 1 is 0.906 bits per heavy atom. The molecule has 1 rings (SSSR count). The molecule has 0 aromatic carbocycles. The van der Waals surface area contributed by atoms with E-state index < -0.39 is 22.3 Å². The third-order valence-corrected chi connectivity index (χ3v) is 7.39. The highest BCUT2D eigenvalue weighted by Crippen LogP contribution is 2.61. The van der Waals surface area contributed by atoms with Crippen LogP contribution in [0.4, 0.5) is 0 Å². The molecule has 32 heavy (non-hydrogen) atoms. The van der Waals surface area contributed by atoms with Gasteiger partial charge in [0, 0.05) is 16.9 Å². The summed E-state index contributed by atoms with van der Waals surface area (Å²) in [4.78, 5) is 27.8. The van der Waals surface area contributed by atoms with Crippen molar-refractivity contribution in [2.75, 3.05) is 0 Å². The topological polar surface area (TPSA) is 61.8 Å². The van der Waals surface area contributed by atoms with Gasteiger partial charge in [-0.2, -0.15) is 0 Å². The van der Waals surface area contributed by atoms with Gasteiger partial charge in [0.2, 0.25) is 0 Å². The van der Waals surface area contributed by atoms with E-state index in [1.165, 1.54) is 0 Å². The van der Waals surface area contributed by atoms with E-state index in [2.05, 4.69) is 13.8 Å². The number of carbonyl (C=O) groups excluding carboxylic acids is 2. The molecular formula is C27H48O5. The van der Waals surface area contributed by atoms with E-state index in [0.29, 0.717) is 11.3 Å². The number of ketones is 1. The summed E-state index contributed by atoms with van der Waals surface area (Å²) in [5, 5.41) is 0. The van der Waals surface area contributed by atoms with E-state index in [-0.39, 0.29) is 41.9 Å². The number of rotatable bonds is 9. The fourth-order valence-corrected chi connectivity index (χ4v) is 5.58. The van der Waals surface area contributed by atoms with Gasteiger partial charge in [-0.05, 0) is 74.1 Å². The summed E-state index contributed by atoms with van der Waals surface area (Å²) in [6.07, 6.45) is -0.533. The first-order valence-electron chi connectivity index (χ1n) is 12.2. The van der Waals surface area contributed by atoms with Crippen LogP contribution >= 0.6 is 0 Å². The van der Waals surface area contributed by atoms with Crippen molar-refractivity contribution in [1.82, 2.24) is 0 Å². The smallest absolute Gasteiger partial charge is 0.312 e. The maximum atomic E-state index is 14.0. The molecule has 0 fully saturated rings. The van der Waals surface area contributed by atoms with Crippen molar-refractivity contribution in [1.29, 1.82) is 0 Å². The van der Waals surface area contributed by atoms with E-state index in [9.17, 15) is 9.59 Å². The molecule has 0 saturated heterocycles. The van der Waals surface area contributed by atoms with Crippen LogP contribution in [-0.2, 0) is 23.8 Å². The molecule has 0 aromatic rings. The normalized spacial score (nSPS) is 28.8. The Labute approximate surface area is 196 Å². The average molecular weight is 453 g/mol. The fraction of sp³-hybridized carbons (Fsp3) is 0.852. The molecule has 0 spiro atoms. The van der Waals surface area contributed by atoms with Crippen LogP contribution in [0.1, 0.15) is 96.9 Å². The maximum absolute atomic E-state index is 14.0. The second-order valence-electron chi connectivity index (χ2n) is 11.5. The number of esters is 1. The highest BCUT2D eigenvalue weighted by atomic mass is 16.6. The Kier molecular flexibility index (Phi) is 8.84. The molecule has 4 unspecified atom stereocenters. The zero-order valence-electron chi connectivity index (χ0n) is 23.0. The molecule has 5 nitrogen and oxygen atoms in total. The van der Waals surface area contributed by atoms with Crippen LogP contribution in [0.5, 0.6) is 0 Å². The number of carbonyl (C=O) groups is 2. The van der Waals surface area contributed by atoms with Crippen LogP contribution in [0.15, 0.2) is 11.3 Å². The molecule has 0 radical (unpaired) electrons. The lowest BCUT2D eigenvalue weighted by Gasteiger charge is -2.59. The van der Waals surface area contributed by atoms with Gasteiger partial charge in [0.1, 0.15) is 11.4 Å². The van der Waals surface area contributed by atoms with Crippen LogP contribution in [0.25, 0.3) is 0 Å². The molecule has 0 saturated carbocycles. The lowest BCUT2D eigenvalue weighted by molar-refractivity contribution is -0.215. The molecule has 1 aliphatic rings. The van der Waals surface area contributed by atoms with Crippen LogP contribution in [-0.4, -0.2) is 35.7 Å². The number of ether oxygens (including phenoxy) is 3. The first-order valence-corrected chi connectivity index (χ1v) is 12.2. The zero-order valence-corrected chi connectivity index (χ0v) is 23.0. The first-order chi connectivity index (χ1) is 14.4. The Balaban J connectivity index is 4.13. The lowest BCUT2D eigenvalue weighted by atomic mass is 9.46. The molecule has 0 aliphatic heterocycles. The minimum Gasteiger partial charge on any atom is -0.492 e. The summed E-state index contributed by atoms with van der Waals surface area (Å²) >= 11 is 0. The average Bonchev–Trinajstić information content (AvgIpc) is 2.61. The van der Waals surface area contributed by atoms with Crippen molar-refractivity contribution in [3.63, 3.8) is 0 Å².